The van der Waals surface area contributed by atoms with Crippen LogP contribution in [0.25, 0.3) is 0 Å². The van der Waals surface area contributed by atoms with E-state index in [2.05, 4.69) is 10.6 Å². The molecule has 0 fully saturated rings. The van der Waals surface area contributed by atoms with Crippen molar-refractivity contribution in [2.45, 2.75) is 11.8 Å². The maximum atomic E-state index is 12.4. The number of benzene rings is 3. The van der Waals surface area contributed by atoms with Crippen molar-refractivity contribution in [3.8, 4) is 11.5 Å². The average molecular weight is 437 g/mol. The largest absolute Gasteiger partial charge is 0.497 e. The summed E-state index contributed by atoms with van der Waals surface area (Å²) in [6.45, 7) is 1.98. The molecule has 0 saturated carbocycles. The zero-order chi connectivity index (χ0) is 22.2. The summed E-state index contributed by atoms with van der Waals surface area (Å²) in [5.41, 5.74) is 2.96. The summed E-state index contributed by atoms with van der Waals surface area (Å²) in [5, 5.41) is 5.72. The van der Waals surface area contributed by atoms with Crippen molar-refractivity contribution >= 4 is 35.0 Å². The van der Waals surface area contributed by atoms with Crippen LogP contribution in [0.4, 0.5) is 11.4 Å². The fourth-order valence-corrected chi connectivity index (χ4v) is 3.49. The highest BCUT2D eigenvalue weighted by atomic mass is 32.2. The van der Waals surface area contributed by atoms with Crippen LogP contribution in [-0.2, 0) is 4.79 Å². The van der Waals surface area contributed by atoms with Gasteiger partial charge in [0.1, 0.15) is 11.5 Å². The topological polar surface area (TPSA) is 76.7 Å². The molecule has 3 aromatic carbocycles. The minimum atomic E-state index is -0.160. The Morgan fingerprint density at radius 3 is 2.23 bits per heavy atom. The maximum absolute atomic E-state index is 12.4. The molecule has 31 heavy (non-hydrogen) atoms. The van der Waals surface area contributed by atoms with Gasteiger partial charge in [0.25, 0.3) is 5.91 Å². The first-order valence-corrected chi connectivity index (χ1v) is 10.6. The lowest BCUT2D eigenvalue weighted by Crippen LogP contribution is -2.14. The Morgan fingerprint density at radius 1 is 0.871 bits per heavy atom. The van der Waals surface area contributed by atoms with Gasteiger partial charge in [-0.05, 0) is 55.5 Å². The second kappa shape index (κ2) is 10.5. The van der Waals surface area contributed by atoms with E-state index in [1.54, 1.807) is 44.6 Å². The van der Waals surface area contributed by atoms with Crippen LogP contribution in [-0.4, -0.2) is 31.8 Å². The molecule has 0 aromatic heterocycles. The lowest BCUT2D eigenvalue weighted by Gasteiger charge is -2.12. The van der Waals surface area contributed by atoms with Gasteiger partial charge in [-0.25, -0.2) is 0 Å². The quantitative estimate of drug-likeness (QED) is 0.486. The van der Waals surface area contributed by atoms with Crippen LogP contribution in [0.2, 0.25) is 0 Å². The standard InChI is InChI=1S/C24H24N2O4S/c1-16-4-6-17(7-5-16)24(28)25-18-8-11-20(12-9-18)31-15-23(27)26-21-14-19(29-2)10-13-22(21)30-3/h4-14H,15H2,1-3H3,(H,25,28)(H,26,27). The SMILES string of the molecule is COc1ccc(OC)c(NC(=O)CSc2ccc(NC(=O)c3ccc(C)cc3)cc2)c1. The van der Waals surface area contributed by atoms with Crippen molar-refractivity contribution in [3.63, 3.8) is 0 Å². The third-order valence-electron chi connectivity index (χ3n) is 4.48. The summed E-state index contributed by atoms with van der Waals surface area (Å²) < 4.78 is 10.5. The Hall–Kier alpha value is -3.45. The molecule has 6 nitrogen and oxygen atoms in total. The molecular formula is C24H24N2O4S. The molecule has 2 N–H and O–H groups in total. The van der Waals surface area contributed by atoms with E-state index in [0.29, 0.717) is 28.4 Å². The average Bonchev–Trinajstić information content (AvgIpc) is 2.79. The van der Waals surface area contributed by atoms with Gasteiger partial charge in [-0.3, -0.25) is 9.59 Å². The molecule has 0 aliphatic rings. The molecule has 0 bridgehead atoms. The highest BCUT2D eigenvalue weighted by Crippen LogP contribution is 2.29. The zero-order valence-electron chi connectivity index (χ0n) is 17.6. The Bertz CT molecular complexity index is 1050. The minimum Gasteiger partial charge on any atom is -0.497 e. The zero-order valence-corrected chi connectivity index (χ0v) is 18.4. The molecule has 160 valence electrons. The highest BCUT2D eigenvalue weighted by Gasteiger charge is 2.10. The van der Waals surface area contributed by atoms with Gasteiger partial charge in [0.2, 0.25) is 5.91 Å². The number of carbonyl (C=O) groups excluding carboxylic acids is 2. The molecule has 0 heterocycles. The Kier molecular flexibility index (Phi) is 7.56. The van der Waals surface area contributed by atoms with Crippen molar-refractivity contribution in [1.29, 1.82) is 0 Å². The van der Waals surface area contributed by atoms with E-state index in [1.807, 2.05) is 43.3 Å². The summed E-state index contributed by atoms with van der Waals surface area (Å²) in [5.74, 6) is 1.11. The third kappa shape index (κ3) is 6.26. The summed E-state index contributed by atoms with van der Waals surface area (Å²) in [4.78, 5) is 25.6. The maximum Gasteiger partial charge on any atom is 0.255 e. The van der Waals surface area contributed by atoms with Crippen molar-refractivity contribution < 1.29 is 19.1 Å². The summed E-state index contributed by atoms with van der Waals surface area (Å²) in [7, 11) is 3.11. The number of methoxy groups -OCH3 is 2. The predicted octanol–water partition coefficient (Wildman–Crippen LogP) is 5.00. The second-order valence-corrected chi connectivity index (χ2v) is 7.80. The number of amides is 2. The molecule has 3 rings (SSSR count). The number of hydrogen-bond acceptors (Lipinski definition) is 5. The fourth-order valence-electron chi connectivity index (χ4n) is 2.79. The van der Waals surface area contributed by atoms with E-state index in [0.717, 1.165) is 10.5 Å². The van der Waals surface area contributed by atoms with Crippen molar-refractivity contribution in [3.05, 3.63) is 77.9 Å². The van der Waals surface area contributed by atoms with Crippen LogP contribution < -0.4 is 20.1 Å². The van der Waals surface area contributed by atoms with Crippen molar-refractivity contribution in [2.24, 2.45) is 0 Å². The Morgan fingerprint density at radius 2 is 1.58 bits per heavy atom. The van der Waals surface area contributed by atoms with E-state index in [-0.39, 0.29) is 17.6 Å². The Labute approximate surface area is 186 Å². The minimum absolute atomic E-state index is 0.159. The van der Waals surface area contributed by atoms with E-state index in [9.17, 15) is 9.59 Å². The van der Waals surface area contributed by atoms with Crippen LogP contribution >= 0.6 is 11.8 Å². The van der Waals surface area contributed by atoms with Crippen LogP contribution in [0.5, 0.6) is 11.5 Å². The molecule has 7 heteroatoms. The third-order valence-corrected chi connectivity index (χ3v) is 5.49. The molecule has 0 unspecified atom stereocenters. The fraction of sp³-hybridized carbons (Fsp3) is 0.167. The first-order chi connectivity index (χ1) is 15.0. The van der Waals surface area contributed by atoms with Crippen LogP contribution in [0, 0.1) is 6.92 Å². The number of anilines is 2. The first-order valence-electron chi connectivity index (χ1n) is 9.61. The molecule has 0 spiro atoms. The molecule has 0 aliphatic heterocycles. The summed E-state index contributed by atoms with van der Waals surface area (Å²) in [6.07, 6.45) is 0. The van der Waals surface area contributed by atoms with E-state index in [4.69, 9.17) is 9.47 Å². The number of carbonyl (C=O) groups is 2. The van der Waals surface area contributed by atoms with Gasteiger partial charge in [0.15, 0.2) is 0 Å². The molecule has 0 radical (unpaired) electrons. The molecule has 3 aromatic rings. The number of thioether (sulfide) groups is 1. The van der Waals surface area contributed by atoms with Crippen LogP contribution in [0.3, 0.4) is 0 Å². The molecule has 0 saturated heterocycles. The number of hydrogen-bond donors (Lipinski definition) is 2. The summed E-state index contributed by atoms with van der Waals surface area (Å²) >= 11 is 1.40. The van der Waals surface area contributed by atoms with Crippen LogP contribution in [0.1, 0.15) is 15.9 Å². The lowest BCUT2D eigenvalue weighted by atomic mass is 10.1. The van der Waals surface area contributed by atoms with Gasteiger partial charge in [-0.15, -0.1) is 11.8 Å². The lowest BCUT2D eigenvalue weighted by molar-refractivity contribution is -0.113. The number of nitrogens with one attached hydrogen (secondary N) is 2. The smallest absolute Gasteiger partial charge is 0.255 e. The van der Waals surface area contributed by atoms with Gasteiger partial charge in [0, 0.05) is 22.2 Å². The molecule has 2 amide bonds. The second-order valence-electron chi connectivity index (χ2n) is 6.75. The van der Waals surface area contributed by atoms with E-state index >= 15 is 0 Å². The number of aryl methyl sites for hydroxylation is 1. The molecular weight excluding hydrogens is 412 g/mol. The molecule has 0 atom stereocenters. The predicted molar refractivity (Wildman–Crippen MR) is 124 cm³/mol. The van der Waals surface area contributed by atoms with E-state index < -0.39 is 0 Å². The summed E-state index contributed by atoms with van der Waals surface area (Å²) in [6, 6.07) is 20.0. The number of ether oxygens (including phenoxy) is 2. The molecule has 0 aliphatic carbocycles. The van der Waals surface area contributed by atoms with Crippen LogP contribution in [0.15, 0.2) is 71.6 Å². The number of rotatable bonds is 8. The Balaban J connectivity index is 1.54. The van der Waals surface area contributed by atoms with Gasteiger partial charge < -0.3 is 20.1 Å². The highest BCUT2D eigenvalue weighted by molar-refractivity contribution is 8.00. The van der Waals surface area contributed by atoms with Crippen molar-refractivity contribution in [1.82, 2.24) is 0 Å². The first kappa shape index (κ1) is 22.2. The van der Waals surface area contributed by atoms with Gasteiger partial charge in [-0.1, -0.05) is 17.7 Å². The van der Waals surface area contributed by atoms with Crippen molar-refractivity contribution in [2.75, 3.05) is 30.6 Å². The van der Waals surface area contributed by atoms with Gasteiger partial charge in [0.05, 0.1) is 25.7 Å². The van der Waals surface area contributed by atoms with Gasteiger partial charge in [-0.2, -0.15) is 0 Å². The normalized spacial score (nSPS) is 10.3. The monoisotopic (exact) mass is 436 g/mol. The van der Waals surface area contributed by atoms with Gasteiger partial charge >= 0.3 is 0 Å². The van der Waals surface area contributed by atoms with E-state index in [1.165, 1.54) is 11.8 Å².